The van der Waals surface area contributed by atoms with Gasteiger partial charge < -0.3 is 4.74 Å². The lowest BCUT2D eigenvalue weighted by molar-refractivity contribution is 0.414. The molecule has 7 heteroatoms. The van der Waals surface area contributed by atoms with Crippen LogP contribution < -0.4 is 4.74 Å². The molecular weight excluding hydrogens is 286 g/mol. The first-order chi connectivity index (χ1) is 10.2. The maximum atomic E-state index is 5.31. The second-order valence-electron chi connectivity index (χ2n) is 4.43. The SMILES string of the molecule is COc1ccc(-n2c(-c3cnc(C)cn3)n[nH]c2=S)cc1. The summed E-state index contributed by atoms with van der Waals surface area (Å²) in [6.07, 6.45) is 3.38. The Labute approximate surface area is 126 Å². The van der Waals surface area contributed by atoms with E-state index in [0.29, 0.717) is 16.3 Å². The largest absolute Gasteiger partial charge is 0.497 e. The number of ether oxygens (including phenoxy) is 1. The number of rotatable bonds is 3. The maximum Gasteiger partial charge on any atom is 0.200 e. The highest BCUT2D eigenvalue weighted by Gasteiger charge is 2.12. The number of hydrogen-bond acceptors (Lipinski definition) is 5. The number of H-pyrrole nitrogens is 1. The summed E-state index contributed by atoms with van der Waals surface area (Å²) >= 11 is 5.31. The van der Waals surface area contributed by atoms with Crippen molar-refractivity contribution in [2.45, 2.75) is 6.92 Å². The molecule has 0 aliphatic heterocycles. The minimum Gasteiger partial charge on any atom is -0.497 e. The number of aryl methyl sites for hydroxylation is 1. The fourth-order valence-electron chi connectivity index (χ4n) is 1.95. The van der Waals surface area contributed by atoms with E-state index in [-0.39, 0.29) is 0 Å². The molecular formula is C14H13N5OS. The van der Waals surface area contributed by atoms with Crippen LogP contribution in [0.25, 0.3) is 17.2 Å². The molecule has 3 rings (SSSR count). The van der Waals surface area contributed by atoms with Gasteiger partial charge in [0.25, 0.3) is 0 Å². The summed E-state index contributed by atoms with van der Waals surface area (Å²) in [7, 11) is 1.63. The van der Waals surface area contributed by atoms with E-state index in [1.165, 1.54) is 0 Å². The van der Waals surface area contributed by atoms with E-state index in [1.54, 1.807) is 19.5 Å². The van der Waals surface area contributed by atoms with Crippen LogP contribution in [-0.4, -0.2) is 31.8 Å². The van der Waals surface area contributed by atoms with Gasteiger partial charge in [0.05, 0.1) is 24.7 Å². The van der Waals surface area contributed by atoms with Crippen molar-refractivity contribution in [1.29, 1.82) is 0 Å². The second-order valence-corrected chi connectivity index (χ2v) is 4.82. The molecule has 0 bridgehead atoms. The Hall–Kier alpha value is -2.54. The zero-order valence-electron chi connectivity index (χ0n) is 11.6. The molecule has 0 radical (unpaired) electrons. The maximum absolute atomic E-state index is 5.31. The monoisotopic (exact) mass is 299 g/mol. The molecule has 0 unspecified atom stereocenters. The minimum atomic E-state index is 0.498. The van der Waals surface area contributed by atoms with Crippen molar-refractivity contribution in [2.75, 3.05) is 7.11 Å². The van der Waals surface area contributed by atoms with Crippen LogP contribution in [0.4, 0.5) is 0 Å². The zero-order valence-corrected chi connectivity index (χ0v) is 12.4. The lowest BCUT2D eigenvalue weighted by atomic mass is 10.3. The molecule has 0 saturated carbocycles. The molecule has 3 aromatic rings. The zero-order chi connectivity index (χ0) is 14.8. The fourth-order valence-corrected chi connectivity index (χ4v) is 2.19. The lowest BCUT2D eigenvalue weighted by Gasteiger charge is -2.07. The van der Waals surface area contributed by atoms with Gasteiger partial charge in [0.1, 0.15) is 11.4 Å². The van der Waals surface area contributed by atoms with E-state index >= 15 is 0 Å². The number of benzene rings is 1. The van der Waals surface area contributed by atoms with Gasteiger partial charge in [0.2, 0.25) is 0 Å². The molecule has 0 aliphatic carbocycles. The van der Waals surface area contributed by atoms with E-state index in [2.05, 4.69) is 20.2 Å². The molecule has 0 spiro atoms. The molecule has 0 amide bonds. The van der Waals surface area contributed by atoms with Crippen molar-refractivity contribution in [3.05, 3.63) is 47.1 Å². The van der Waals surface area contributed by atoms with Gasteiger partial charge in [0.15, 0.2) is 10.6 Å². The first-order valence-electron chi connectivity index (χ1n) is 6.30. The molecule has 21 heavy (non-hydrogen) atoms. The van der Waals surface area contributed by atoms with Crippen molar-refractivity contribution >= 4 is 12.2 Å². The molecule has 6 nitrogen and oxygen atoms in total. The highest BCUT2D eigenvalue weighted by molar-refractivity contribution is 7.71. The van der Waals surface area contributed by atoms with Crippen molar-refractivity contribution < 1.29 is 4.74 Å². The van der Waals surface area contributed by atoms with Gasteiger partial charge in [0, 0.05) is 6.20 Å². The van der Waals surface area contributed by atoms with Crippen LogP contribution in [0.1, 0.15) is 5.69 Å². The third-order valence-electron chi connectivity index (χ3n) is 3.01. The summed E-state index contributed by atoms with van der Waals surface area (Å²) in [5.74, 6) is 1.41. The predicted molar refractivity (Wildman–Crippen MR) is 81.1 cm³/mol. The number of aromatic nitrogens is 5. The molecule has 0 fully saturated rings. The van der Waals surface area contributed by atoms with Crippen LogP contribution >= 0.6 is 12.2 Å². The molecule has 1 N–H and O–H groups in total. The summed E-state index contributed by atoms with van der Waals surface area (Å²) in [4.78, 5) is 8.59. The van der Waals surface area contributed by atoms with E-state index in [4.69, 9.17) is 17.0 Å². The van der Waals surface area contributed by atoms with Gasteiger partial charge in [-0.3, -0.25) is 14.6 Å². The van der Waals surface area contributed by atoms with Gasteiger partial charge >= 0.3 is 0 Å². The lowest BCUT2D eigenvalue weighted by Crippen LogP contribution is -2.00. The van der Waals surface area contributed by atoms with Gasteiger partial charge in [-0.15, -0.1) is 0 Å². The number of nitrogens with zero attached hydrogens (tertiary/aromatic N) is 4. The molecule has 1 aromatic carbocycles. The number of methoxy groups -OCH3 is 1. The van der Waals surface area contributed by atoms with E-state index in [1.807, 2.05) is 35.8 Å². The number of nitrogens with one attached hydrogen (secondary N) is 1. The highest BCUT2D eigenvalue weighted by atomic mass is 32.1. The Morgan fingerprint density at radius 3 is 2.52 bits per heavy atom. The summed E-state index contributed by atoms with van der Waals surface area (Å²) in [6.45, 7) is 1.89. The van der Waals surface area contributed by atoms with Crippen LogP contribution in [0.3, 0.4) is 0 Å². The predicted octanol–water partition coefficient (Wildman–Crippen LogP) is 2.70. The van der Waals surface area contributed by atoms with Crippen LogP contribution in [0, 0.1) is 11.7 Å². The summed E-state index contributed by atoms with van der Waals surface area (Å²) in [6, 6.07) is 7.56. The van der Waals surface area contributed by atoms with Crippen LogP contribution in [0.2, 0.25) is 0 Å². The second kappa shape index (κ2) is 5.45. The van der Waals surface area contributed by atoms with E-state index in [9.17, 15) is 0 Å². The molecule has 2 aromatic heterocycles. The van der Waals surface area contributed by atoms with Gasteiger partial charge in [-0.1, -0.05) is 0 Å². The fraction of sp³-hybridized carbons (Fsp3) is 0.143. The average Bonchev–Trinajstić information content (AvgIpc) is 2.90. The molecule has 0 aliphatic rings. The Morgan fingerprint density at radius 2 is 1.90 bits per heavy atom. The quantitative estimate of drug-likeness (QED) is 0.753. The Kier molecular flexibility index (Phi) is 3.49. The Morgan fingerprint density at radius 1 is 1.14 bits per heavy atom. The summed E-state index contributed by atoms with van der Waals surface area (Å²) < 4.78 is 7.48. The van der Waals surface area contributed by atoms with Crippen LogP contribution in [0.15, 0.2) is 36.7 Å². The molecule has 0 atom stereocenters. The third-order valence-corrected chi connectivity index (χ3v) is 3.29. The van der Waals surface area contributed by atoms with E-state index < -0.39 is 0 Å². The normalized spacial score (nSPS) is 10.6. The molecule has 106 valence electrons. The van der Waals surface area contributed by atoms with Crippen LogP contribution in [-0.2, 0) is 0 Å². The minimum absolute atomic E-state index is 0.498. The highest BCUT2D eigenvalue weighted by Crippen LogP contribution is 2.21. The van der Waals surface area contributed by atoms with Crippen molar-refractivity contribution in [1.82, 2.24) is 24.7 Å². The summed E-state index contributed by atoms with van der Waals surface area (Å²) in [5, 5.41) is 7.04. The smallest absolute Gasteiger partial charge is 0.200 e. The topological polar surface area (TPSA) is 68.6 Å². The van der Waals surface area contributed by atoms with Gasteiger partial charge in [-0.05, 0) is 43.4 Å². The number of hydrogen-bond donors (Lipinski definition) is 1. The Bertz CT molecular complexity index is 805. The molecule has 0 saturated heterocycles. The van der Waals surface area contributed by atoms with Gasteiger partial charge in [-0.25, -0.2) is 4.98 Å². The average molecular weight is 299 g/mol. The first-order valence-corrected chi connectivity index (χ1v) is 6.71. The third kappa shape index (κ3) is 2.55. The van der Waals surface area contributed by atoms with Crippen molar-refractivity contribution in [2.24, 2.45) is 0 Å². The Balaban J connectivity index is 2.12. The van der Waals surface area contributed by atoms with Crippen LogP contribution in [0.5, 0.6) is 5.75 Å². The number of aromatic amines is 1. The first kappa shape index (κ1) is 13.4. The van der Waals surface area contributed by atoms with E-state index in [0.717, 1.165) is 17.1 Å². The van der Waals surface area contributed by atoms with Gasteiger partial charge in [-0.2, -0.15) is 5.10 Å². The summed E-state index contributed by atoms with van der Waals surface area (Å²) in [5.41, 5.74) is 2.39. The standard InChI is InChI=1S/C14H13N5OS/c1-9-7-16-12(8-15-9)13-17-18-14(21)19(13)10-3-5-11(20-2)6-4-10/h3-8H,1-2H3,(H,18,21). The molecule has 2 heterocycles. The van der Waals surface area contributed by atoms with Crippen molar-refractivity contribution in [3.8, 4) is 23.0 Å². The van der Waals surface area contributed by atoms with Crippen molar-refractivity contribution in [3.63, 3.8) is 0 Å².